The maximum atomic E-state index is 12.3. The van der Waals surface area contributed by atoms with E-state index in [9.17, 15) is 13.2 Å². The van der Waals surface area contributed by atoms with Crippen molar-refractivity contribution in [3.8, 4) is 28.7 Å². The molecule has 170 valence electrons. The summed E-state index contributed by atoms with van der Waals surface area (Å²) in [6.45, 7) is 4.56. The molecule has 1 fully saturated rings. The molecule has 4 heterocycles. The van der Waals surface area contributed by atoms with Gasteiger partial charge in [-0.15, -0.1) is 13.2 Å². The zero-order valence-corrected chi connectivity index (χ0v) is 17.6. The van der Waals surface area contributed by atoms with Crippen molar-refractivity contribution in [3.05, 3.63) is 59.9 Å². The van der Waals surface area contributed by atoms with Gasteiger partial charge in [0.15, 0.2) is 5.69 Å². The molecular formula is C22H19F3N6O2. The quantitative estimate of drug-likeness (QED) is 0.424. The minimum absolute atomic E-state index is 0.221. The van der Waals surface area contributed by atoms with E-state index in [0.717, 1.165) is 30.2 Å². The molecule has 0 saturated carbocycles. The van der Waals surface area contributed by atoms with Gasteiger partial charge in [-0.25, -0.2) is 4.98 Å². The molecule has 0 radical (unpaired) electrons. The lowest BCUT2D eigenvalue weighted by Crippen LogP contribution is -2.37. The van der Waals surface area contributed by atoms with Crippen LogP contribution in [0.4, 0.5) is 19.0 Å². The molecule has 0 bridgehead atoms. The van der Waals surface area contributed by atoms with E-state index in [4.69, 9.17) is 4.52 Å². The summed E-state index contributed by atoms with van der Waals surface area (Å²) in [5, 5.41) is 8.51. The number of pyridine rings is 1. The Morgan fingerprint density at radius 2 is 1.88 bits per heavy atom. The summed E-state index contributed by atoms with van der Waals surface area (Å²) in [5.74, 6) is 1.11. The lowest BCUT2D eigenvalue weighted by atomic mass is 10.2. The number of ether oxygens (including phenoxy) is 1. The van der Waals surface area contributed by atoms with E-state index in [1.54, 1.807) is 6.20 Å². The van der Waals surface area contributed by atoms with Crippen LogP contribution in [0, 0.1) is 6.92 Å². The van der Waals surface area contributed by atoms with E-state index < -0.39 is 6.36 Å². The van der Waals surface area contributed by atoms with Crippen LogP contribution in [0.5, 0.6) is 5.75 Å². The summed E-state index contributed by atoms with van der Waals surface area (Å²) < 4.78 is 48.0. The second-order valence-corrected chi connectivity index (χ2v) is 7.69. The third-order valence-electron chi connectivity index (χ3n) is 5.29. The summed E-state index contributed by atoms with van der Waals surface area (Å²) in [5.41, 5.74) is 3.00. The molecule has 1 aliphatic rings. The van der Waals surface area contributed by atoms with Crippen molar-refractivity contribution in [2.24, 2.45) is 0 Å². The first-order chi connectivity index (χ1) is 15.8. The van der Waals surface area contributed by atoms with Crippen LogP contribution in [0.15, 0.2) is 53.2 Å². The maximum Gasteiger partial charge on any atom is 0.573 e. The van der Waals surface area contributed by atoms with Gasteiger partial charge in [0.05, 0.1) is 6.54 Å². The number of halogens is 3. The maximum absolute atomic E-state index is 12.3. The van der Waals surface area contributed by atoms with Crippen LogP contribution in [0.25, 0.3) is 23.0 Å². The van der Waals surface area contributed by atoms with Gasteiger partial charge in [-0.3, -0.25) is 4.68 Å². The molecule has 0 N–H and O–H groups in total. The van der Waals surface area contributed by atoms with E-state index in [-0.39, 0.29) is 17.5 Å². The fourth-order valence-electron chi connectivity index (χ4n) is 3.48. The SMILES string of the molecule is Cc1cc(-c2nc(-c3ccc(OC(F)(F)F)cc3)no2)nn1Cc1ccnc(N2CCC2)c1. The second kappa shape index (κ2) is 8.23. The number of anilines is 1. The number of alkyl halides is 3. The highest BCUT2D eigenvalue weighted by Gasteiger charge is 2.31. The molecular weight excluding hydrogens is 437 g/mol. The van der Waals surface area contributed by atoms with Gasteiger partial charge in [0.1, 0.15) is 11.6 Å². The van der Waals surface area contributed by atoms with Gasteiger partial charge in [-0.1, -0.05) is 5.16 Å². The molecule has 0 atom stereocenters. The highest BCUT2D eigenvalue weighted by atomic mass is 19.4. The number of nitrogens with zero attached hydrogens (tertiary/aromatic N) is 6. The Hall–Kier alpha value is -3.89. The molecule has 1 aliphatic heterocycles. The first kappa shape index (κ1) is 21.0. The normalized spacial score (nSPS) is 13.8. The summed E-state index contributed by atoms with van der Waals surface area (Å²) in [7, 11) is 0. The minimum Gasteiger partial charge on any atom is -0.406 e. The summed E-state index contributed by atoms with van der Waals surface area (Å²) in [4.78, 5) is 11.0. The molecule has 33 heavy (non-hydrogen) atoms. The third kappa shape index (κ3) is 4.66. The number of hydrogen-bond donors (Lipinski definition) is 0. The van der Waals surface area contributed by atoms with Crippen molar-refractivity contribution in [1.82, 2.24) is 24.9 Å². The van der Waals surface area contributed by atoms with E-state index >= 15 is 0 Å². The molecule has 0 unspecified atom stereocenters. The molecule has 4 aromatic rings. The fraction of sp³-hybridized carbons (Fsp3) is 0.273. The Morgan fingerprint density at radius 3 is 2.58 bits per heavy atom. The summed E-state index contributed by atoms with van der Waals surface area (Å²) in [6.07, 6.45) is -1.76. The smallest absolute Gasteiger partial charge is 0.406 e. The Kier molecular flexibility index (Phi) is 5.23. The topological polar surface area (TPSA) is 82.1 Å². The molecule has 0 aliphatic carbocycles. The number of aromatic nitrogens is 5. The van der Waals surface area contributed by atoms with Crippen LogP contribution in [-0.2, 0) is 6.54 Å². The first-order valence-electron chi connectivity index (χ1n) is 10.3. The van der Waals surface area contributed by atoms with Crippen molar-refractivity contribution in [1.29, 1.82) is 0 Å². The van der Waals surface area contributed by atoms with Crippen LogP contribution in [-0.4, -0.2) is 44.4 Å². The van der Waals surface area contributed by atoms with Gasteiger partial charge in [0, 0.05) is 30.5 Å². The van der Waals surface area contributed by atoms with E-state index in [1.165, 1.54) is 30.7 Å². The Morgan fingerprint density at radius 1 is 1.09 bits per heavy atom. The molecule has 0 amide bonds. The number of hydrogen-bond acceptors (Lipinski definition) is 7. The number of rotatable bonds is 6. The lowest BCUT2D eigenvalue weighted by Gasteiger charge is -2.32. The van der Waals surface area contributed by atoms with Gasteiger partial charge < -0.3 is 14.2 Å². The molecule has 1 aromatic carbocycles. The largest absolute Gasteiger partial charge is 0.573 e. The summed E-state index contributed by atoms with van der Waals surface area (Å²) >= 11 is 0. The number of aryl methyl sites for hydroxylation is 1. The Balaban J connectivity index is 1.32. The van der Waals surface area contributed by atoms with Gasteiger partial charge in [0.2, 0.25) is 5.82 Å². The lowest BCUT2D eigenvalue weighted by molar-refractivity contribution is -0.274. The highest BCUT2D eigenvalue weighted by Crippen LogP contribution is 2.27. The van der Waals surface area contributed by atoms with Crippen LogP contribution in [0.3, 0.4) is 0 Å². The zero-order valence-electron chi connectivity index (χ0n) is 17.6. The molecule has 11 heteroatoms. The van der Waals surface area contributed by atoms with E-state index in [2.05, 4.69) is 35.9 Å². The van der Waals surface area contributed by atoms with Gasteiger partial charge in [-0.2, -0.15) is 10.1 Å². The van der Waals surface area contributed by atoms with Crippen molar-refractivity contribution < 1.29 is 22.4 Å². The Bertz CT molecular complexity index is 1260. The van der Waals surface area contributed by atoms with Crippen LogP contribution < -0.4 is 9.64 Å². The average molecular weight is 456 g/mol. The summed E-state index contributed by atoms with van der Waals surface area (Å²) in [6, 6.07) is 11.1. The van der Waals surface area contributed by atoms with Crippen LogP contribution >= 0.6 is 0 Å². The van der Waals surface area contributed by atoms with Gasteiger partial charge in [-0.05, 0) is 61.4 Å². The Labute approximate surface area is 186 Å². The zero-order chi connectivity index (χ0) is 23.0. The monoisotopic (exact) mass is 456 g/mol. The van der Waals surface area contributed by atoms with Crippen LogP contribution in [0.2, 0.25) is 0 Å². The van der Waals surface area contributed by atoms with Gasteiger partial charge in [0.25, 0.3) is 5.89 Å². The van der Waals surface area contributed by atoms with Crippen molar-refractivity contribution in [2.45, 2.75) is 26.3 Å². The van der Waals surface area contributed by atoms with Gasteiger partial charge >= 0.3 is 6.36 Å². The van der Waals surface area contributed by atoms with Crippen molar-refractivity contribution >= 4 is 5.82 Å². The second-order valence-electron chi connectivity index (χ2n) is 7.69. The van der Waals surface area contributed by atoms with E-state index in [0.29, 0.717) is 17.8 Å². The fourth-order valence-corrected chi connectivity index (χ4v) is 3.48. The molecule has 3 aromatic heterocycles. The number of benzene rings is 1. The predicted octanol–water partition coefficient (Wildman–Crippen LogP) is 4.46. The molecule has 8 nitrogen and oxygen atoms in total. The molecule has 1 saturated heterocycles. The molecule has 5 rings (SSSR count). The van der Waals surface area contributed by atoms with Crippen LogP contribution in [0.1, 0.15) is 17.7 Å². The third-order valence-corrected chi connectivity index (χ3v) is 5.29. The highest BCUT2D eigenvalue weighted by molar-refractivity contribution is 5.59. The predicted molar refractivity (Wildman–Crippen MR) is 113 cm³/mol. The van der Waals surface area contributed by atoms with Crippen molar-refractivity contribution in [2.75, 3.05) is 18.0 Å². The van der Waals surface area contributed by atoms with Crippen molar-refractivity contribution in [3.63, 3.8) is 0 Å². The average Bonchev–Trinajstić information content (AvgIpc) is 3.34. The minimum atomic E-state index is -4.75. The standard InChI is InChI=1S/C22H19F3N6O2/c1-14-11-18(28-31(14)13-15-7-8-26-19(12-15)30-9-2-10-30)21-27-20(29-33-21)16-3-5-17(6-4-16)32-22(23,24)25/h3-8,11-12H,2,9-10,13H2,1H3. The first-order valence-corrected chi connectivity index (χ1v) is 10.3. The van der Waals surface area contributed by atoms with E-state index in [1.807, 2.05) is 23.7 Å². The molecule has 0 spiro atoms.